The van der Waals surface area contributed by atoms with E-state index in [4.69, 9.17) is 9.52 Å². The summed E-state index contributed by atoms with van der Waals surface area (Å²) in [7, 11) is 0. The zero-order chi connectivity index (χ0) is 13.1. The number of halogens is 1. The quantitative estimate of drug-likeness (QED) is 0.857. The molecule has 0 aliphatic carbocycles. The van der Waals surface area contributed by atoms with E-state index in [0.29, 0.717) is 5.75 Å². The number of rotatable bonds is 4. The van der Waals surface area contributed by atoms with Crippen LogP contribution in [-0.4, -0.2) is 11.1 Å². The summed E-state index contributed by atoms with van der Waals surface area (Å²) in [6, 6.07) is 5.98. The number of benzene rings is 1. The second-order valence-corrected chi connectivity index (χ2v) is 4.77. The van der Waals surface area contributed by atoms with Gasteiger partial charge >= 0.3 is 5.97 Å². The van der Waals surface area contributed by atoms with Crippen LogP contribution in [0, 0.1) is 12.7 Å². The first kappa shape index (κ1) is 12.7. The SMILES string of the molecule is Cc1occc1SCc1ccc(F)c(C(=O)O)c1. The van der Waals surface area contributed by atoms with Gasteiger partial charge in [0, 0.05) is 10.6 Å². The number of aromatic carboxylic acids is 1. The van der Waals surface area contributed by atoms with Crippen LogP contribution in [0.5, 0.6) is 0 Å². The average Bonchev–Trinajstić information content (AvgIpc) is 2.73. The predicted octanol–water partition coefficient (Wildman–Crippen LogP) is 3.72. The van der Waals surface area contributed by atoms with Gasteiger partial charge < -0.3 is 9.52 Å². The molecule has 0 saturated heterocycles. The Labute approximate surface area is 108 Å². The number of hydrogen-bond donors (Lipinski definition) is 1. The van der Waals surface area contributed by atoms with Gasteiger partial charge in [-0.05, 0) is 30.7 Å². The Hall–Kier alpha value is -1.75. The lowest BCUT2D eigenvalue weighted by Crippen LogP contribution is -2.01. The number of carboxylic acid groups (broad SMARTS) is 1. The molecule has 2 rings (SSSR count). The van der Waals surface area contributed by atoms with E-state index >= 15 is 0 Å². The standard InChI is InChI=1S/C13H11FO3S/c1-8-12(4-5-17-8)18-7-9-2-3-11(14)10(6-9)13(15)16/h2-6H,7H2,1H3,(H,15,16). The highest BCUT2D eigenvalue weighted by Crippen LogP contribution is 2.27. The zero-order valence-corrected chi connectivity index (χ0v) is 10.5. The minimum atomic E-state index is -1.25. The predicted molar refractivity (Wildman–Crippen MR) is 66.4 cm³/mol. The summed E-state index contributed by atoms with van der Waals surface area (Å²) in [5.41, 5.74) is 0.469. The monoisotopic (exact) mass is 266 g/mol. The van der Waals surface area contributed by atoms with Crippen LogP contribution in [0.4, 0.5) is 4.39 Å². The highest BCUT2D eigenvalue weighted by molar-refractivity contribution is 7.98. The van der Waals surface area contributed by atoms with Crippen molar-refractivity contribution < 1.29 is 18.7 Å². The van der Waals surface area contributed by atoms with Gasteiger partial charge in [0.05, 0.1) is 11.8 Å². The third-order valence-corrected chi connectivity index (χ3v) is 3.68. The number of furan rings is 1. The van der Waals surface area contributed by atoms with Crippen molar-refractivity contribution in [3.05, 3.63) is 53.2 Å². The first-order valence-electron chi connectivity index (χ1n) is 5.26. The molecule has 2 aromatic rings. The minimum absolute atomic E-state index is 0.294. The number of carbonyl (C=O) groups is 1. The molecule has 18 heavy (non-hydrogen) atoms. The van der Waals surface area contributed by atoms with Crippen LogP contribution in [0.1, 0.15) is 21.7 Å². The van der Waals surface area contributed by atoms with Crippen molar-refractivity contribution in [1.82, 2.24) is 0 Å². The fourth-order valence-electron chi connectivity index (χ4n) is 1.51. The number of thioether (sulfide) groups is 1. The smallest absolute Gasteiger partial charge is 0.338 e. The fraction of sp³-hybridized carbons (Fsp3) is 0.154. The molecular weight excluding hydrogens is 255 g/mol. The molecular formula is C13H11FO3S. The Morgan fingerprint density at radius 2 is 2.22 bits per heavy atom. The number of carboxylic acids is 1. The average molecular weight is 266 g/mol. The second kappa shape index (κ2) is 5.27. The van der Waals surface area contributed by atoms with Crippen LogP contribution in [0.2, 0.25) is 0 Å². The highest BCUT2D eigenvalue weighted by atomic mass is 32.2. The van der Waals surface area contributed by atoms with Gasteiger partial charge in [0.25, 0.3) is 0 Å². The minimum Gasteiger partial charge on any atom is -0.478 e. The summed E-state index contributed by atoms with van der Waals surface area (Å²) >= 11 is 1.52. The first-order chi connectivity index (χ1) is 8.58. The third kappa shape index (κ3) is 2.73. The maximum Gasteiger partial charge on any atom is 0.338 e. The molecule has 0 aliphatic heterocycles. The van der Waals surface area contributed by atoms with Crippen LogP contribution in [-0.2, 0) is 5.75 Å². The Balaban J connectivity index is 2.13. The van der Waals surface area contributed by atoms with Crippen LogP contribution in [0.3, 0.4) is 0 Å². The molecule has 0 aliphatic rings. The topological polar surface area (TPSA) is 50.4 Å². The Morgan fingerprint density at radius 1 is 1.44 bits per heavy atom. The Bertz CT molecular complexity index is 577. The van der Waals surface area contributed by atoms with Gasteiger partial charge in [-0.25, -0.2) is 9.18 Å². The molecule has 0 bridgehead atoms. The summed E-state index contributed by atoms with van der Waals surface area (Å²) in [5.74, 6) is -0.573. The molecule has 0 spiro atoms. The van der Waals surface area contributed by atoms with Crippen molar-refractivity contribution in [2.45, 2.75) is 17.6 Å². The largest absolute Gasteiger partial charge is 0.478 e. The summed E-state index contributed by atoms with van der Waals surface area (Å²) < 4.78 is 18.4. The lowest BCUT2D eigenvalue weighted by molar-refractivity contribution is 0.0692. The molecule has 1 aromatic carbocycles. The van der Waals surface area contributed by atoms with E-state index in [-0.39, 0.29) is 5.56 Å². The van der Waals surface area contributed by atoms with Crippen LogP contribution >= 0.6 is 11.8 Å². The molecule has 0 fully saturated rings. The number of aryl methyl sites for hydroxylation is 1. The van der Waals surface area contributed by atoms with Crippen molar-refractivity contribution in [3.8, 4) is 0 Å². The molecule has 0 atom stereocenters. The lowest BCUT2D eigenvalue weighted by Gasteiger charge is -2.03. The normalized spacial score (nSPS) is 10.6. The van der Waals surface area contributed by atoms with Crippen LogP contribution in [0.15, 0.2) is 39.8 Å². The van der Waals surface area contributed by atoms with Crippen LogP contribution in [0.25, 0.3) is 0 Å². The molecule has 1 aromatic heterocycles. The van der Waals surface area contributed by atoms with E-state index < -0.39 is 11.8 Å². The van der Waals surface area contributed by atoms with E-state index in [1.165, 1.54) is 23.9 Å². The van der Waals surface area contributed by atoms with E-state index in [1.54, 1.807) is 12.3 Å². The summed E-state index contributed by atoms with van der Waals surface area (Å²) in [6.07, 6.45) is 1.60. The van der Waals surface area contributed by atoms with Crippen molar-refractivity contribution in [2.24, 2.45) is 0 Å². The third-order valence-electron chi connectivity index (χ3n) is 2.47. The van der Waals surface area contributed by atoms with Gasteiger partial charge in [-0.15, -0.1) is 11.8 Å². The molecule has 1 heterocycles. The van der Waals surface area contributed by atoms with Crippen molar-refractivity contribution in [3.63, 3.8) is 0 Å². The molecule has 3 nitrogen and oxygen atoms in total. The maximum atomic E-state index is 13.2. The van der Waals surface area contributed by atoms with Crippen LogP contribution < -0.4 is 0 Å². The van der Waals surface area contributed by atoms with Crippen molar-refractivity contribution in [2.75, 3.05) is 0 Å². The zero-order valence-electron chi connectivity index (χ0n) is 9.64. The first-order valence-corrected chi connectivity index (χ1v) is 6.25. The van der Waals surface area contributed by atoms with E-state index in [9.17, 15) is 9.18 Å². The van der Waals surface area contributed by atoms with Gasteiger partial charge in [0.2, 0.25) is 0 Å². The van der Waals surface area contributed by atoms with Crippen molar-refractivity contribution in [1.29, 1.82) is 0 Å². The van der Waals surface area contributed by atoms with E-state index in [2.05, 4.69) is 0 Å². The molecule has 0 saturated carbocycles. The number of hydrogen-bond acceptors (Lipinski definition) is 3. The summed E-state index contributed by atoms with van der Waals surface area (Å²) in [5, 5.41) is 8.82. The van der Waals surface area contributed by atoms with Gasteiger partial charge in [-0.1, -0.05) is 6.07 Å². The molecule has 0 unspecified atom stereocenters. The van der Waals surface area contributed by atoms with Gasteiger partial charge in [0.1, 0.15) is 11.6 Å². The van der Waals surface area contributed by atoms with Gasteiger partial charge in [-0.2, -0.15) is 0 Å². The Morgan fingerprint density at radius 3 is 2.83 bits per heavy atom. The molecule has 1 N–H and O–H groups in total. The molecule has 0 amide bonds. The summed E-state index contributed by atoms with van der Waals surface area (Å²) in [6.45, 7) is 1.86. The fourth-order valence-corrected chi connectivity index (χ4v) is 2.42. The second-order valence-electron chi connectivity index (χ2n) is 3.75. The van der Waals surface area contributed by atoms with E-state index in [0.717, 1.165) is 16.2 Å². The molecule has 94 valence electrons. The molecule has 5 heteroatoms. The van der Waals surface area contributed by atoms with Crippen molar-refractivity contribution >= 4 is 17.7 Å². The van der Waals surface area contributed by atoms with E-state index in [1.807, 2.05) is 13.0 Å². The van der Waals surface area contributed by atoms with Gasteiger partial charge in [0.15, 0.2) is 0 Å². The lowest BCUT2D eigenvalue weighted by atomic mass is 10.1. The maximum absolute atomic E-state index is 13.2. The summed E-state index contributed by atoms with van der Waals surface area (Å²) in [4.78, 5) is 11.8. The highest BCUT2D eigenvalue weighted by Gasteiger charge is 2.11. The Kier molecular flexibility index (Phi) is 3.72. The molecule has 0 radical (unpaired) electrons. The van der Waals surface area contributed by atoms with Gasteiger partial charge in [-0.3, -0.25) is 0 Å².